The van der Waals surface area contributed by atoms with E-state index in [1.165, 1.54) is 7.11 Å². The van der Waals surface area contributed by atoms with E-state index in [0.717, 1.165) is 16.7 Å². The second-order valence-electron chi connectivity index (χ2n) is 4.30. The molecule has 18 heavy (non-hydrogen) atoms. The summed E-state index contributed by atoms with van der Waals surface area (Å²) in [6.45, 7) is 5.24. The molecule has 1 rings (SSSR count). The normalized spacial score (nSPS) is 10.0. The van der Waals surface area contributed by atoms with Crippen molar-refractivity contribution >= 4 is 11.8 Å². The summed E-state index contributed by atoms with van der Waals surface area (Å²) >= 11 is 0. The zero-order valence-electron chi connectivity index (χ0n) is 11.2. The van der Waals surface area contributed by atoms with Crippen LogP contribution in [-0.4, -0.2) is 25.5 Å². The minimum Gasteiger partial charge on any atom is -0.481 e. The lowest BCUT2D eigenvalue weighted by atomic mass is 10.0. The Kier molecular flexibility index (Phi) is 4.89. The van der Waals surface area contributed by atoms with Crippen LogP contribution < -0.4 is 4.74 Å². The number of carbonyl (C=O) groups excluding carboxylic acids is 2. The van der Waals surface area contributed by atoms with Gasteiger partial charge in [0.2, 0.25) is 0 Å². The smallest absolute Gasteiger partial charge is 0.343 e. The highest BCUT2D eigenvalue weighted by molar-refractivity contribution is 5.78. The second kappa shape index (κ2) is 6.19. The molecule has 0 N–H and O–H groups in total. The Labute approximate surface area is 107 Å². The van der Waals surface area contributed by atoms with Gasteiger partial charge in [-0.1, -0.05) is 12.1 Å². The molecule has 4 heteroatoms. The number of ketones is 1. The van der Waals surface area contributed by atoms with Crippen LogP contribution >= 0.6 is 0 Å². The van der Waals surface area contributed by atoms with Crippen molar-refractivity contribution in [3.05, 3.63) is 28.8 Å². The molecule has 0 fully saturated rings. The lowest BCUT2D eigenvalue weighted by Gasteiger charge is -2.13. The number of hydrogen-bond acceptors (Lipinski definition) is 4. The van der Waals surface area contributed by atoms with E-state index >= 15 is 0 Å². The SMILES string of the molecule is COC(=O)COc1c(C)cc(CC(C)=O)cc1C. The molecule has 0 unspecified atom stereocenters. The number of Topliss-reactive ketones (excluding diaryl/α,β-unsaturated/α-hetero) is 1. The molecule has 98 valence electrons. The van der Waals surface area contributed by atoms with Gasteiger partial charge in [-0.25, -0.2) is 4.79 Å². The minimum absolute atomic E-state index is 0.107. The van der Waals surface area contributed by atoms with Gasteiger partial charge in [0.1, 0.15) is 11.5 Å². The molecule has 1 aromatic rings. The number of aryl methyl sites for hydroxylation is 2. The highest BCUT2D eigenvalue weighted by Gasteiger charge is 2.10. The topological polar surface area (TPSA) is 52.6 Å². The molecule has 0 aliphatic heterocycles. The van der Waals surface area contributed by atoms with Crippen LogP contribution in [0.1, 0.15) is 23.6 Å². The van der Waals surface area contributed by atoms with Crippen LogP contribution in [-0.2, 0) is 20.7 Å². The zero-order chi connectivity index (χ0) is 13.7. The third-order valence-electron chi connectivity index (χ3n) is 2.54. The van der Waals surface area contributed by atoms with Gasteiger partial charge in [0, 0.05) is 6.42 Å². The molecule has 4 nitrogen and oxygen atoms in total. The zero-order valence-corrected chi connectivity index (χ0v) is 11.2. The molecule has 0 saturated carbocycles. The monoisotopic (exact) mass is 250 g/mol. The summed E-state index contributed by atoms with van der Waals surface area (Å²) in [6, 6.07) is 3.81. The van der Waals surface area contributed by atoms with Gasteiger partial charge in [-0.05, 0) is 37.5 Å². The number of esters is 1. The second-order valence-corrected chi connectivity index (χ2v) is 4.30. The van der Waals surface area contributed by atoms with Crippen molar-refractivity contribution in [3.8, 4) is 5.75 Å². The summed E-state index contributed by atoms with van der Waals surface area (Å²) in [6.07, 6.45) is 0.416. The van der Waals surface area contributed by atoms with Crippen molar-refractivity contribution in [2.45, 2.75) is 27.2 Å². The Morgan fingerprint density at radius 3 is 2.17 bits per heavy atom. The fraction of sp³-hybridized carbons (Fsp3) is 0.429. The number of benzene rings is 1. The fourth-order valence-corrected chi connectivity index (χ4v) is 1.85. The third-order valence-corrected chi connectivity index (χ3v) is 2.54. The molecule has 0 amide bonds. The van der Waals surface area contributed by atoms with Gasteiger partial charge < -0.3 is 9.47 Å². The first-order valence-electron chi connectivity index (χ1n) is 5.73. The van der Waals surface area contributed by atoms with Gasteiger partial charge in [0.05, 0.1) is 7.11 Å². The van der Waals surface area contributed by atoms with Crippen LogP contribution in [0.2, 0.25) is 0 Å². The number of rotatable bonds is 5. The molecular weight excluding hydrogens is 232 g/mol. The molecule has 0 saturated heterocycles. The molecule has 0 heterocycles. The summed E-state index contributed by atoms with van der Waals surface area (Å²) in [5, 5.41) is 0. The Morgan fingerprint density at radius 1 is 1.17 bits per heavy atom. The van der Waals surface area contributed by atoms with E-state index in [4.69, 9.17) is 4.74 Å². The maximum atomic E-state index is 11.1. The summed E-state index contributed by atoms with van der Waals surface area (Å²) < 4.78 is 9.94. The first-order chi connectivity index (χ1) is 8.43. The molecule has 0 radical (unpaired) electrons. The predicted molar refractivity (Wildman–Crippen MR) is 67.8 cm³/mol. The van der Waals surface area contributed by atoms with Crippen molar-refractivity contribution < 1.29 is 19.1 Å². The summed E-state index contributed by atoms with van der Waals surface area (Å²) in [4.78, 5) is 22.1. The van der Waals surface area contributed by atoms with Gasteiger partial charge in [0.25, 0.3) is 0 Å². The quantitative estimate of drug-likeness (QED) is 0.750. The van der Waals surface area contributed by atoms with Crippen LogP contribution in [0.25, 0.3) is 0 Å². The Morgan fingerprint density at radius 2 is 1.72 bits per heavy atom. The average Bonchev–Trinajstić information content (AvgIpc) is 2.26. The molecule has 0 spiro atoms. The summed E-state index contributed by atoms with van der Waals surface area (Å²) in [5.74, 6) is 0.381. The highest BCUT2D eigenvalue weighted by Crippen LogP contribution is 2.25. The molecule has 0 atom stereocenters. The van der Waals surface area contributed by atoms with Gasteiger partial charge in [0.15, 0.2) is 6.61 Å². The maximum absolute atomic E-state index is 11.1. The van der Waals surface area contributed by atoms with Gasteiger partial charge in [-0.2, -0.15) is 0 Å². The average molecular weight is 250 g/mol. The van der Waals surface area contributed by atoms with Crippen LogP contribution in [0, 0.1) is 13.8 Å². The van der Waals surface area contributed by atoms with Crippen LogP contribution in [0.3, 0.4) is 0 Å². The number of methoxy groups -OCH3 is 1. The van der Waals surface area contributed by atoms with E-state index in [9.17, 15) is 9.59 Å². The minimum atomic E-state index is -0.415. The Balaban J connectivity index is 2.87. The largest absolute Gasteiger partial charge is 0.481 e. The van der Waals surface area contributed by atoms with Crippen LogP contribution in [0.5, 0.6) is 5.75 Å². The van der Waals surface area contributed by atoms with Gasteiger partial charge >= 0.3 is 5.97 Å². The number of ether oxygens (including phenoxy) is 2. The lowest BCUT2D eigenvalue weighted by Crippen LogP contribution is -2.13. The van der Waals surface area contributed by atoms with Crippen LogP contribution in [0.4, 0.5) is 0 Å². The summed E-state index contributed by atoms with van der Waals surface area (Å²) in [5.41, 5.74) is 2.79. The third kappa shape index (κ3) is 3.87. The van der Waals surface area contributed by atoms with Crippen molar-refractivity contribution in [3.63, 3.8) is 0 Å². The Bertz CT molecular complexity index is 440. The molecule has 0 aliphatic rings. The van der Waals surface area contributed by atoms with Crippen LogP contribution in [0.15, 0.2) is 12.1 Å². The first kappa shape index (κ1) is 14.2. The van der Waals surface area contributed by atoms with Crippen molar-refractivity contribution in [1.82, 2.24) is 0 Å². The van der Waals surface area contributed by atoms with Gasteiger partial charge in [-0.3, -0.25) is 4.79 Å². The van der Waals surface area contributed by atoms with E-state index < -0.39 is 5.97 Å². The van der Waals surface area contributed by atoms with Gasteiger partial charge in [-0.15, -0.1) is 0 Å². The van der Waals surface area contributed by atoms with E-state index in [0.29, 0.717) is 12.2 Å². The van der Waals surface area contributed by atoms with E-state index in [1.54, 1.807) is 6.92 Å². The van der Waals surface area contributed by atoms with E-state index in [2.05, 4.69) is 4.74 Å². The van der Waals surface area contributed by atoms with Crippen molar-refractivity contribution in [1.29, 1.82) is 0 Å². The lowest BCUT2D eigenvalue weighted by molar-refractivity contribution is -0.142. The fourth-order valence-electron chi connectivity index (χ4n) is 1.85. The standard InChI is InChI=1S/C14H18O4/c1-9-5-12(7-11(3)15)6-10(2)14(9)18-8-13(16)17-4/h5-6H,7-8H2,1-4H3. The molecular formula is C14H18O4. The molecule has 0 aromatic heterocycles. The molecule has 0 bridgehead atoms. The first-order valence-corrected chi connectivity index (χ1v) is 5.73. The molecule has 1 aromatic carbocycles. The van der Waals surface area contributed by atoms with Crippen molar-refractivity contribution in [2.75, 3.05) is 13.7 Å². The maximum Gasteiger partial charge on any atom is 0.343 e. The van der Waals surface area contributed by atoms with Crippen molar-refractivity contribution in [2.24, 2.45) is 0 Å². The number of hydrogen-bond donors (Lipinski definition) is 0. The van der Waals surface area contributed by atoms with E-state index in [-0.39, 0.29) is 12.4 Å². The summed E-state index contributed by atoms with van der Waals surface area (Å²) in [7, 11) is 1.32. The predicted octanol–water partition coefficient (Wildman–Crippen LogP) is 1.99. The number of carbonyl (C=O) groups is 2. The van der Waals surface area contributed by atoms with E-state index in [1.807, 2.05) is 26.0 Å². The highest BCUT2D eigenvalue weighted by atomic mass is 16.6. The Hall–Kier alpha value is -1.84. The molecule has 0 aliphatic carbocycles.